The highest BCUT2D eigenvalue weighted by Gasteiger charge is 2.17. The lowest BCUT2D eigenvalue weighted by atomic mass is 10.1. The zero-order valence-electron chi connectivity index (χ0n) is 11.5. The van der Waals surface area contributed by atoms with Crippen molar-refractivity contribution in [3.05, 3.63) is 35.4 Å². The number of sulfonamides is 1. The van der Waals surface area contributed by atoms with Gasteiger partial charge in [-0.15, -0.1) is 0 Å². The van der Waals surface area contributed by atoms with Crippen molar-refractivity contribution in [2.24, 2.45) is 0 Å². The van der Waals surface area contributed by atoms with E-state index in [1.165, 1.54) is 10.6 Å². The number of benzene rings is 1. The van der Waals surface area contributed by atoms with E-state index in [0.717, 1.165) is 5.56 Å². The van der Waals surface area contributed by atoms with E-state index in [2.05, 4.69) is 6.07 Å². The Hall–Kier alpha value is -1.42. The standard InChI is InChI=1S/C13H19N3O2S/c1-15(2)7-8-16(19(3,17)18)11-13-6-4-5-12(9-13)10-14/h4-6,9H,7-8,11H2,1-3H3. The van der Waals surface area contributed by atoms with Gasteiger partial charge < -0.3 is 4.90 Å². The van der Waals surface area contributed by atoms with Crippen LogP contribution in [0.5, 0.6) is 0 Å². The number of likely N-dealkylation sites (N-methyl/N-ethyl adjacent to an activating group) is 1. The van der Waals surface area contributed by atoms with E-state index in [9.17, 15) is 8.42 Å². The van der Waals surface area contributed by atoms with Crippen LogP contribution in [0.25, 0.3) is 0 Å². The largest absolute Gasteiger partial charge is 0.308 e. The van der Waals surface area contributed by atoms with Gasteiger partial charge in [0, 0.05) is 19.6 Å². The zero-order chi connectivity index (χ0) is 14.5. The Morgan fingerprint density at radius 1 is 1.26 bits per heavy atom. The normalized spacial score (nSPS) is 11.8. The zero-order valence-corrected chi connectivity index (χ0v) is 12.3. The molecule has 0 saturated heterocycles. The third-order valence-corrected chi connectivity index (χ3v) is 3.93. The molecule has 0 aromatic heterocycles. The molecule has 5 nitrogen and oxygen atoms in total. The van der Waals surface area contributed by atoms with Gasteiger partial charge in [0.25, 0.3) is 0 Å². The summed E-state index contributed by atoms with van der Waals surface area (Å²) in [6, 6.07) is 9.06. The summed E-state index contributed by atoms with van der Waals surface area (Å²) in [6.07, 6.45) is 1.21. The van der Waals surface area contributed by atoms with Crippen molar-refractivity contribution in [2.75, 3.05) is 33.4 Å². The van der Waals surface area contributed by atoms with E-state index in [1.54, 1.807) is 18.2 Å². The van der Waals surface area contributed by atoms with Crippen LogP contribution in [0.2, 0.25) is 0 Å². The van der Waals surface area contributed by atoms with E-state index >= 15 is 0 Å². The van der Waals surface area contributed by atoms with Crippen LogP contribution in [-0.2, 0) is 16.6 Å². The third-order valence-electron chi connectivity index (χ3n) is 2.68. The predicted octanol–water partition coefficient (Wildman–Crippen LogP) is 0.881. The quantitative estimate of drug-likeness (QED) is 0.776. The van der Waals surface area contributed by atoms with Gasteiger partial charge in [-0.3, -0.25) is 0 Å². The van der Waals surface area contributed by atoms with Gasteiger partial charge in [0.05, 0.1) is 17.9 Å². The lowest BCUT2D eigenvalue weighted by molar-refractivity contribution is 0.331. The van der Waals surface area contributed by atoms with Crippen LogP contribution in [0.1, 0.15) is 11.1 Å². The number of hydrogen-bond acceptors (Lipinski definition) is 4. The van der Waals surface area contributed by atoms with Crippen LogP contribution in [0.15, 0.2) is 24.3 Å². The summed E-state index contributed by atoms with van der Waals surface area (Å²) < 4.78 is 24.9. The van der Waals surface area contributed by atoms with Crippen molar-refractivity contribution in [2.45, 2.75) is 6.54 Å². The Balaban J connectivity index is 2.85. The molecule has 0 spiro atoms. The molecule has 1 aromatic carbocycles. The van der Waals surface area contributed by atoms with Gasteiger partial charge in [-0.2, -0.15) is 9.57 Å². The summed E-state index contributed by atoms with van der Waals surface area (Å²) in [4.78, 5) is 1.93. The molecule has 0 amide bonds. The summed E-state index contributed by atoms with van der Waals surface area (Å²) in [7, 11) is 0.545. The molecular weight excluding hydrogens is 262 g/mol. The number of nitrogens with zero attached hydrogens (tertiary/aromatic N) is 3. The monoisotopic (exact) mass is 281 g/mol. The summed E-state index contributed by atoms with van der Waals surface area (Å²) in [5.74, 6) is 0. The minimum atomic E-state index is -3.25. The number of hydrogen-bond donors (Lipinski definition) is 0. The van der Waals surface area contributed by atoms with Gasteiger partial charge in [0.2, 0.25) is 10.0 Å². The SMILES string of the molecule is CN(C)CCN(Cc1cccc(C#N)c1)S(C)(=O)=O. The van der Waals surface area contributed by atoms with Crippen LogP contribution in [0.4, 0.5) is 0 Å². The van der Waals surface area contributed by atoms with Crippen molar-refractivity contribution in [1.82, 2.24) is 9.21 Å². The number of rotatable bonds is 6. The molecule has 6 heteroatoms. The molecule has 1 rings (SSSR count). The first-order chi connectivity index (χ1) is 8.82. The van der Waals surface area contributed by atoms with Crippen LogP contribution >= 0.6 is 0 Å². The second-order valence-electron chi connectivity index (χ2n) is 4.71. The smallest absolute Gasteiger partial charge is 0.211 e. The minimum absolute atomic E-state index is 0.294. The highest BCUT2D eigenvalue weighted by Crippen LogP contribution is 2.10. The molecule has 0 fully saturated rings. The van der Waals surface area contributed by atoms with Crippen molar-refractivity contribution >= 4 is 10.0 Å². The molecule has 0 radical (unpaired) electrons. The molecule has 0 bridgehead atoms. The molecule has 0 unspecified atom stereocenters. The van der Waals surface area contributed by atoms with E-state index in [1.807, 2.05) is 25.1 Å². The molecule has 104 valence electrons. The van der Waals surface area contributed by atoms with E-state index in [0.29, 0.717) is 25.2 Å². The minimum Gasteiger partial charge on any atom is -0.308 e. The van der Waals surface area contributed by atoms with Gasteiger partial charge in [-0.1, -0.05) is 12.1 Å². The van der Waals surface area contributed by atoms with E-state index in [-0.39, 0.29) is 0 Å². The second-order valence-corrected chi connectivity index (χ2v) is 6.69. The Labute approximate surface area is 115 Å². The fourth-order valence-electron chi connectivity index (χ4n) is 1.62. The molecular formula is C13H19N3O2S. The molecule has 0 atom stereocenters. The lowest BCUT2D eigenvalue weighted by Gasteiger charge is -2.22. The molecule has 0 N–H and O–H groups in total. The summed E-state index contributed by atoms with van der Waals surface area (Å²) in [6.45, 7) is 1.38. The fourth-order valence-corrected chi connectivity index (χ4v) is 2.41. The first-order valence-electron chi connectivity index (χ1n) is 5.92. The lowest BCUT2D eigenvalue weighted by Crippen LogP contribution is -2.35. The maximum atomic E-state index is 11.7. The van der Waals surface area contributed by atoms with Gasteiger partial charge in [0.15, 0.2) is 0 Å². The highest BCUT2D eigenvalue weighted by atomic mass is 32.2. The van der Waals surface area contributed by atoms with E-state index in [4.69, 9.17) is 5.26 Å². The summed E-state index contributed by atoms with van der Waals surface area (Å²) in [5, 5.41) is 8.84. The van der Waals surface area contributed by atoms with Crippen molar-refractivity contribution in [3.63, 3.8) is 0 Å². The first kappa shape index (κ1) is 15.6. The molecule has 0 saturated carbocycles. The topological polar surface area (TPSA) is 64.4 Å². The first-order valence-corrected chi connectivity index (χ1v) is 7.76. The summed E-state index contributed by atoms with van der Waals surface area (Å²) in [5.41, 5.74) is 1.36. The maximum absolute atomic E-state index is 11.7. The average Bonchev–Trinajstić information content (AvgIpc) is 2.33. The molecule has 19 heavy (non-hydrogen) atoms. The van der Waals surface area contributed by atoms with Crippen LogP contribution in [-0.4, -0.2) is 51.1 Å². The van der Waals surface area contributed by atoms with Crippen LogP contribution in [0, 0.1) is 11.3 Å². The Morgan fingerprint density at radius 3 is 2.47 bits per heavy atom. The Bertz CT molecular complexity index is 561. The highest BCUT2D eigenvalue weighted by molar-refractivity contribution is 7.88. The molecule has 0 aliphatic carbocycles. The third kappa shape index (κ3) is 5.39. The average molecular weight is 281 g/mol. The van der Waals surface area contributed by atoms with Crippen LogP contribution < -0.4 is 0 Å². The van der Waals surface area contributed by atoms with Gasteiger partial charge in [0.1, 0.15) is 0 Å². The van der Waals surface area contributed by atoms with Crippen LogP contribution in [0.3, 0.4) is 0 Å². The fraction of sp³-hybridized carbons (Fsp3) is 0.462. The van der Waals surface area contributed by atoms with Crippen molar-refractivity contribution in [3.8, 4) is 6.07 Å². The Morgan fingerprint density at radius 2 is 1.95 bits per heavy atom. The maximum Gasteiger partial charge on any atom is 0.211 e. The van der Waals surface area contributed by atoms with Gasteiger partial charge in [-0.05, 0) is 31.8 Å². The van der Waals surface area contributed by atoms with E-state index < -0.39 is 10.0 Å². The molecule has 0 heterocycles. The second kappa shape index (κ2) is 6.66. The van der Waals surface area contributed by atoms with Crippen molar-refractivity contribution < 1.29 is 8.42 Å². The summed E-state index contributed by atoms with van der Waals surface area (Å²) >= 11 is 0. The Kier molecular flexibility index (Phi) is 5.48. The van der Waals surface area contributed by atoms with Gasteiger partial charge in [-0.25, -0.2) is 8.42 Å². The number of nitriles is 1. The van der Waals surface area contributed by atoms with Crippen molar-refractivity contribution in [1.29, 1.82) is 5.26 Å². The molecule has 1 aromatic rings. The molecule has 0 aliphatic rings. The van der Waals surface area contributed by atoms with Gasteiger partial charge >= 0.3 is 0 Å². The predicted molar refractivity (Wildman–Crippen MR) is 75.0 cm³/mol. The molecule has 0 aliphatic heterocycles.